The molecular weight excluding hydrogens is 327 g/mol. The number of amidine groups is 1. The van der Waals surface area contributed by atoms with Crippen molar-refractivity contribution in [3.8, 4) is 5.75 Å². The van der Waals surface area contributed by atoms with E-state index in [-0.39, 0.29) is 6.02 Å². The highest BCUT2D eigenvalue weighted by molar-refractivity contribution is 6.32. The first-order chi connectivity index (χ1) is 12.5. The Balaban J connectivity index is 2.12. The summed E-state index contributed by atoms with van der Waals surface area (Å²) in [5, 5.41) is 0. The Morgan fingerprint density at radius 2 is 2.00 bits per heavy atom. The number of ether oxygens (including phenoxy) is 3. The van der Waals surface area contributed by atoms with Gasteiger partial charge in [-0.1, -0.05) is 29.7 Å². The molecular formula is C20H23BN2O3. The minimum atomic E-state index is -0.724. The van der Waals surface area contributed by atoms with Crippen LogP contribution < -0.4 is 15.9 Å². The topological polar surface area (TPSA) is 66.1 Å². The molecule has 0 spiro atoms. The summed E-state index contributed by atoms with van der Waals surface area (Å²) in [7, 11) is 9.51. The molecule has 3 rings (SSSR count). The lowest BCUT2D eigenvalue weighted by Crippen LogP contribution is -2.29. The molecule has 0 saturated carbocycles. The van der Waals surface area contributed by atoms with Gasteiger partial charge in [0.1, 0.15) is 20.2 Å². The summed E-state index contributed by atoms with van der Waals surface area (Å²) in [6.45, 7) is 2.96. The fourth-order valence-corrected chi connectivity index (χ4v) is 3.35. The fourth-order valence-electron chi connectivity index (χ4n) is 3.35. The minimum Gasteiger partial charge on any atom is -0.496 e. The van der Waals surface area contributed by atoms with Crippen LogP contribution in [0, 0.1) is 6.92 Å². The summed E-state index contributed by atoms with van der Waals surface area (Å²) in [6, 6.07) is 12.2. The second-order valence-corrected chi connectivity index (χ2v) is 6.49. The molecule has 2 aromatic carbocycles. The van der Waals surface area contributed by atoms with Gasteiger partial charge in [-0.25, -0.2) is 4.99 Å². The second-order valence-electron chi connectivity index (χ2n) is 6.49. The molecule has 2 aromatic rings. The van der Waals surface area contributed by atoms with E-state index in [1.165, 1.54) is 0 Å². The highest BCUT2D eigenvalue weighted by Crippen LogP contribution is 2.39. The highest BCUT2D eigenvalue weighted by Gasteiger charge is 2.40. The fraction of sp³-hybridized carbons (Fsp3) is 0.350. The van der Waals surface area contributed by atoms with Gasteiger partial charge in [0.05, 0.1) is 13.7 Å². The number of nitrogens with zero attached hydrogens (tertiary/aromatic N) is 1. The molecule has 1 aliphatic heterocycles. The normalized spacial score (nSPS) is 19.1. The molecule has 0 bridgehead atoms. The van der Waals surface area contributed by atoms with Gasteiger partial charge in [0, 0.05) is 7.11 Å². The van der Waals surface area contributed by atoms with Gasteiger partial charge < -0.3 is 19.9 Å². The van der Waals surface area contributed by atoms with Crippen LogP contribution in [-0.2, 0) is 21.4 Å². The maximum absolute atomic E-state index is 6.16. The Bertz CT molecular complexity index is 838. The predicted octanol–water partition coefficient (Wildman–Crippen LogP) is 1.57. The van der Waals surface area contributed by atoms with Crippen LogP contribution in [-0.4, -0.2) is 41.3 Å². The lowest BCUT2D eigenvalue weighted by atomic mass is 9.79. The van der Waals surface area contributed by atoms with E-state index >= 15 is 0 Å². The first kappa shape index (κ1) is 18.3. The van der Waals surface area contributed by atoms with Crippen LogP contribution in [0.15, 0.2) is 41.4 Å². The maximum atomic E-state index is 6.16. The van der Waals surface area contributed by atoms with E-state index in [4.69, 9.17) is 27.8 Å². The molecule has 1 unspecified atom stereocenters. The zero-order chi connectivity index (χ0) is 18.7. The Morgan fingerprint density at radius 1 is 1.19 bits per heavy atom. The highest BCUT2D eigenvalue weighted by atomic mass is 16.5. The summed E-state index contributed by atoms with van der Waals surface area (Å²) in [6.07, 6.45) is 0.770. The lowest BCUT2D eigenvalue weighted by Gasteiger charge is -2.27. The van der Waals surface area contributed by atoms with Gasteiger partial charge in [-0.15, -0.1) is 0 Å². The van der Waals surface area contributed by atoms with Crippen molar-refractivity contribution >= 4 is 19.3 Å². The van der Waals surface area contributed by atoms with Gasteiger partial charge in [0.2, 0.25) is 0 Å². The number of aryl methyl sites for hydroxylation is 1. The molecule has 0 saturated heterocycles. The number of methoxy groups -OCH3 is 2. The minimum absolute atomic E-state index is 0.180. The molecule has 1 aliphatic rings. The maximum Gasteiger partial charge on any atom is 0.283 e. The van der Waals surface area contributed by atoms with Crippen LogP contribution in [0.25, 0.3) is 0 Å². The van der Waals surface area contributed by atoms with Crippen LogP contribution >= 0.6 is 0 Å². The Morgan fingerprint density at radius 3 is 2.62 bits per heavy atom. The van der Waals surface area contributed by atoms with Gasteiger partial charge in [-0.3, -0.25) is 0 Å². The zero-order valence-corrected chi connectivity index (χ0v) is 15.4. The summed E-state index contributed by atoms with van der Waals surface area (Å²) >= 11 is 0. The van der Waals surface area contributed by atoms with E-state index in [0.29, 0.717) is 18.7 Å². The average molecular weight is 350 g/mol. The Kier molecular flexibility index (Phi) is 5.23. The zero-order valence-electron chi connectivity index (χ0n) is 15.4. The third-order valence-electron chi connectivity index (χ3n) is 4.69. The third kappa shape index (κ3) is 3.42. The molecule has 2 radical (unpaired) electrons. The molecule has 1 atom stereocenters. The van der Waals surface area contributed by atoms with Crippen LogP contribution in [0.3, 0.4) is 0 Å². The number of rotatable bonds is 6. The van der Waals surface area contributed by atoms with Crippen LogP contribution in [0.4, 0.5) is 0 Å². The van der Waals surface area contributed by atoms with Crippen LogP contribution in [0.2, 0.25) is 0 Å². The second kappa shape index (κ2) is 7.42. The Labute approximate surface area is 155 Å². The van der Waals surface area contributed by atoms with Gasteiger partial charge in [0.15, 0.2) is 5.54 Å². The van der Waals surface area contributed by atoms with E-state index in [1.807, 2.05) is 31.2 Å². The largest absolute Gasteiger partial charge is 0.496 e. The van der Waals surface area contributed by atoms with Crippen molar-refractivity contribution in [2.45, 2.75) is 18.9 Å². The van der Waals surface area contributed by atoms with Crippen molar-refractivity contribution < 1.29 is 14.2 Å². The standard InChI is InChI=1S/C20H23BN2O3/c1-13-8-15(4-5-18(13)25-3)20(12-26-19(22)23-20)16-9-14(6-7-24-2)10-17(21)11-16/h4-5,8-11H,6-7,12H2,1-3H3,(H2,22,23). The average Bonchev–Trinajstić information content (AvgIpc) is 3.02. The smallest absolute Gasteiger partial charge is 0.283 e. The summed E-state index contributed by atoms with van der Waals surface area (Å²) in [4.78, 5) is 4.66. The van der Waals surface area contributed by atoms with Crippen LogP contribution in [0.1, 0.15) is 22.3 Å². The number of benzene rings is 2. The number of nitrogens with two attached hydrogens (primary N) is 1. The summed E-state index contributed by atoms with van der Waals surface area (Å²) in [5.41, 5.74) is 9.89. The monoisotopic (exact) mass is 350 g/mol. The van der Waals surface area contributed by atoms with Crippen molar-refractivity contribution in [2.75, 3.05) is 27.4 Å². The number of hydrogen-bond donors (Lipinski definition) is 1. The molecule has 0 aliphatic carbocycles. The van der Waals surface area contributed by atoms with Crippen molar-refractivity contribution in [1.82, 2.24) is 0 Å². The number of hydrogen-bond acceptors (Lipinski definition) is 5. The molecule has 0 amide bonds. The van der Waals surface area contributed by atoms with E-state index in [9.17, 15) is 0 Å². The summed E-state index contributed by atoms with van der Waals surface area (Å²) < 4.78 is 16.1. The third-order valence-corrected chi connectivity index (χ3v) is 4.69. The molecule has 0 fully saturated rings. The first-order valence-electron chi connectivity index (χ1n) is 8.50. The number of aliphatic imine (C=N–C) groups is 1. The quantitative estimate of drug-likeness (QED) is 0.804. The van der Waals surface area contributed by atoms with Gasteiger partial charge >= 0.3 is 0 Å². The van der Waals surface area contributed by atoms with Crippen molar-refractivity contribution in [1.29, 1.82) is 0 Å². The van der Waals surface area contributed by atoms with Crippen LogP contribution in [0.5, 0.6) is 5.75 Å². The molecule has 1 heterocycles. The molecule has 26 heavy (non-hydrogen) atoms. The first-order valence-corrected chi connectivity index (χ1v) is 8.50. The Hall–Kier alpha value is -2.47. The van der Waals surface area contributed by atoms with E-state index in [1.54, 1.807) is 14.2 Å². The van der Waals surface area contributed by atoms with Crippen molar-refractivity contribution in [3.05, 3.63) is 58.7 Å². The predicted molar refractivity (Wildman–Crippen MR) is 103 cm³/mol. The van der Waals surface area contributed by atoms with Crippen molar-refractivity contribution in [3.63, 3.8) is 0 Å². The van der Waals surface area contributed by atoms with E-state index in [2.05, 4.69) is 17.1 Å². The SMILES string of the molecule is [B]c1cc(CCOC)cc(C2(c3ccc(OC)c(C)c3)COC(N)=N2)c1. The molecule has 5 nitrogen and oxygen atoms in total. The molecule has 2 N–H and O–H groups in total. The van der Waals surface area contributed by atoms with Gasteiger partial charge in [0.25, 0.3) is 6.02 Å². The van der Waals surface area contributed by atoms with Gasteiger partial charge in [-0.2, -0.15) is 0 Å². The van der Waals surface area contributed by atoms with Gasteiger partial charge in [-0.05, 0) is 47.7 Å². The van der Waals surface area contributed by atoms with Crippen molar-refractivity contribution in [2.24, 2.45) is 10.7 Å². The lowest BCUT2D eigenvalue weighted by molar-refractivity contribution is 0.202. The van der Waals surface area contributed by atoms with E-state index in [0.717, 1.165) is 34.4 Å². The molecule has 134 valence electrons. The molecule has 0 aromatic heterocycles. The summed E-state index contributed by atoms with van der Waals surface area (Å²) in [5.74, 6) is 0.827. The van der Waals surface area contributed by atoms with E-state index < -0.39 is 5.54 Å². The molecule has 6 heteroatoms.